The molecule has 40 heavy (non-hydrogen) atoms. The predicted molar refractivity (Wildman–Crippen MR) is 156 cm³/mol. The fourth-order valence-electron chi connectivity index (χ4n) is 5.38. The summed E-state index contributed by atoms with van der Waals surface area (Å²) in [6, 6.07) is 35.4. The molecule has 1 fully saturated rings. The van der Waals surface area contributed by atoms with Crippen molar-refractivity contribution in [2.75, 3.05) is 6.61 Å². The molecule has 3 atom stereocenters. The number of rotatable bonds is 10. The van der Waals surface area contributed by atoms with Crippen molar-refractivity contribution in [1.29, 1.82) is 0 Å². The number of nitrogens with one attached hydrogen (secondary N) is 1. The smallest absolute Gasteiger partial charge is 0.321 e. The maximum Gasteiger partial charge on any atom is 0.321 e. The summed E-state index contributed by atoms with van der Waals surface area (Å²) in [5.41, 5.74) is 5.13. The molecule has 0 spiro atoms. The Morgan fingerprint density at radius 1 is 0.750 bits per heavy atom. The second kappa shape index (κ2) is 12.6. The molecule has 6 heteroatoms. The third-order valence-corrected chi connectivity index (χ3v) is 7.52. The van der Waals surface area contributed by atoms with E-state index < -0.39 is 12.1 Å². The van der Waals surface area contributed by atoms with Crippen molar-refractivity contribution in [1.82, 2.24) is 15.1 Å². The lowest BCUT2D eigenvalue weighted by molar-refractivity contribution is -0.127. The van der Waals surface area contributed by atoms with Crippen molar-refractivity contribution in [2.24, 2.45) is 0 Å². The first kappa shape index (κ1) is 27.2. The third kappa shape index (κ3) is 6.24. The molecule has 0 saturated carbocycles. The van der Waals surface area contributed by atoms with Crippen LogP contribution in [-0.2, 0) is 24.3 Å². The quantitative estimate of drug-likeness (QED) is 0.292. The minimum Gasteiger partial charge on any atom is -0.394 e. The van der Waals surface area contributed by atoms with E-state index >= 15 is 0 Å². The highest BCUT2D eigenvalue weighted by Gasteiger charge is 2.49. The molecule has 0 bridgehead atoms. The Labute approximate surface area is 235 Å². The summed E-state index contributed by atoms with van der Waals surface area (Å²) in [6.45, 7) is 2.31. The van der Waals surface area contributed by atoms with E-state index in [4.69, 9.17) is 0 Å². The van der Waals surface area contributed by atoms with E-state index in [1.165, 1.54) is 5.56 Å². The maximum atomic E-state index is 14.1. The van der Waals surface area contributed by atoms with Gasteiger partial charge in [-0.05, 0) is 35.6 Å². The van der Waals surface area contributed by atoms with Gasteiger partial charge in [0.25, 0.3) is 0 Å². The van der Waals surface area contributed by atoms with E-state index in [1.54, 1.807) is 9.80 Å². The summed E-state index contributed by atoms with van der Waals surface area (Å²) in [7, 11) is 0. The average Bonchev–Trinajstić information content (AvgIpc) is 3.25. The summed E-state index contributed by atoms with van der Waals surface area (Å²) in [6.07, 6.45) is 0.604. The summed E-state index contributed by atoms with van der Waals surface area (Å²) in [5.74, 6) is -0.278. The van der Waals surface area contributed by atoms with Crippen molar-refractivity contribution < 1.29 is 14.7 Å². The number of nitrogens with zero attached hydrogens (tertiary/aromatic N) is 2. The fourth-order valence-corrected chi connectivity index (χ4v) is 5.38. The third-order valence-electron chi connectivity index (χ3n) is 7.52. The number of hydrogen-bond acceptors (Lipinski definition) is 3. The van der Waals surface area contributed by atoms with Gasteiger partial charge < -0.3 is 20.2 Å². The van der Waals surface area contributed by atoms with E-state index in [1.807, 2.05) is 91.0 Å². The molecule has 0 aromatic heterocycles. The number of carbonyl (C=O) groups excluding carboxylic acids is 2. The van der Waals surface area contributed by atoms with Crippen molar-refractivity contribution in [3.05, 3.63) is 143 Å². The molecule has 1 aliphatic heterocycles. The molecule has 0 aliphatic carbocycles. The number of amides is 3. The molecule has 3 amide bonds. The standard InChI is InChI=1S/C34H35N3O3/c1-25-17-19-26(20-18-25)21-30(29-15-9-4-10-16-29)35-33(39)32-31(24-38)36(22-27-11-5-2-6-12-27)34(40)37(32)23-28-13-7-3-8-14-28/h2-20,30-32,38H,21-24H2,1H3,(H,35,39)/t30?,31-,32-/m1/s1. The van der Waals surface area contributed by atoms with Crippen molar-refractivity contribution in [2.45, 2.75) is 44.6 Å². The number of aliphatic hydroxyl groups is 1. The highest BCUT2D eigenvalue weighted by Crippen LogP contribution is 2.29. The molecule has 1 aliphatic rings. The van der Waals surface area contributed by atoms with Crippen LogP contribution in [0.4, 0.5) is 4.79 Å². The number of hydrogen-bond donors (Lipinski definition) is 2. The Hall–Kier alpha value is -4.42. The van der Waals surface area contributed by atoms with Gasteiger partial charge in [-0.2, -0.15) is 0 Å². The summed E-state index contributed by atoms with van der Waals surface area (Å²) >= 11 is 0. The molecule has 6 nitrogen and oxygen atoms in total. The van der Waals surface area contributed by atoms with Gasteiger partial charge >= 0.3 is 6.03 Å². The molecule has 4 aromatic carbocycles. The highest BCUT2D eigenvalue weighted by atomic mass is 16.3. The van der Waals surface area contributed by atoms with Gasteiger partial charge in [0.2, 0.25) is 5.91 Å². The first-order valence-corrected chi connectivity index (χ1v) is 13.7. The molecule has 0 radical (unpaired) electrons. The Bertz CT molecular complexity index is 1400. The molecule has 1 unspecified atom stereocenters. The van der Waals surface area contributed by atoms with Gasteiger partial charge in [0, 0.05) is 13.1 Å². The molecular weight excluding hydrogens is 498 g/mol. The minimum absolute atomic E-state index is 0.262. The largest absolute Gasteiger partial charge is 0.394 e. The van der Waals surface area contributed by atoms with E-state index in [0.717, 1.165) is 22.3 Å². The lowest BCUT2D eigenvalue weighted by atomic mass is 9.97. The van der Waals surface area contributed by atoms with Crippen LogP contribution in [0.3, 0.4) is 0 Å². The van der Waals surface area contributed by atoms with Crippen molar-refractivity contribution >= 4 is 11.9 Å². The van der Waals surface area contributed by atoms with Crippen LogP contribution in [-0.4, -0.2) is 45.5 Å². The van der Waals surface area contributed by atoms with Gasteiger partial charge in [-0.3, -0.25) is 4.79 Å². The van der Waals surface area contributed by atoms with Gasteiger partial charge in [0.1, 0.15) is 6.04 Å². The number of aryl methyl sites for hydroxylation is 1. The Balaban J connectivity index is 1.46. The van der Waals surface area contributed by atoms with E-state index in [0.29, 0.717) is 13.0 Å². The second-order valence-corrected chi connectivity index (χ2v) is 10.4. The monoisotopic (exact) mass is 533 g/mol. The van der Waals surface area contributed by atoms with Crippen LogP contribution in [0.2, 0.25) is 0 Å². The summed E-state index contributed by atoms with van der Waals surface area (Å²) in [5, 5.41) is 13.8. The highest BCUT2D eigenvalue weighted by molar-refractivity contribution is 5.91. The van der Waals surface area contributed by atoms with Crippen LogP contribution in [0.25, 0.3) is 0 Å². The zero-order valence-corrected chi connectivity index (χ0v) is 22.7. The predicted octanol–water partition coefficient (Wildman–Crippen LogP) is 5.26. The number of urea groups is 1. The number of aliphatic hydroxyl groups excluding tert-OH is 1. The topological polar surface area (TPSA) is 72.9 Å². The van der Waals surface area contributed by atoms with Crippen molar-refractivity contribution in [3.63, 3.8) is 0 Å². The van der Waals surface area contributed by atoms with Crippen LogP contribution in [0.1, 0.15) is 33.9 Å². The lowest BCUT2D eigenvalue weighted by Crippen LogP contribution is -2.51. The van der Waals surface area contributed by atoms with Gasteiger partial charge in [0.05, 0.1) is 18.7 Å². The van der Waals surface area contributed by atoms with Crippen LogP contribution in [0.5, 0.6) is 0 Å². The molecule has 1 heterocycles. The zero-order valence-electron chi connectivity index (χ0n) is 22.7. The van der Waals surface area contributed by atoms with Gasteiger partial charge in [-0.25, -0.2) is 4.79 Å². The van der Waals surface area contributed by atoms with E-state index in [9.17, 15) is 14.7 Å². The Morgan fingerprint density at radius 2 is 1.27 bits per heavy atom. The SMILES string of the molecule is Cc1ccc(CC(NC(=O)[C@H]2[C@@H](CO)N(Cc3ccccc3)C(=O)N2Cc2ccccc2)c2ccccc2)cc1. The van der Waals surface area contributed by atoms with Gasteiger partial charge in [-0.1, -0.05) is 121 Å². The summed E-state index contributed by atoms with van der Waals surface area (Å²) in [4.78, 5) is 31.2. The maximum absolute atomic E-state index is 14.1. The van der Waals surface area contributed by atoms with Crippen LogP contribution in [0.15, 0.2) is 115 Å². The van der Waals surface area contributed by atoms with Crippen LogP contribution in [0, 0.1) is 6.92 Å². The minimum atomic E-state index is -0.856. The van der Waals surface area contributed by atoms with Gasteiger partial charge in [0.15, 0.2) is 0 Å². The number of carbonyl (C=O) groups is 2. The first-order valence-electron chi connectivity index (χ1n) is 13.7. The van der Waals surface area contributed by atoms with Crippen molar-refractivity contribution in [3.8, 4) is 0 Å². The number of benzene rings is 4. The molecule has 4 aromatic rings. The molecular formula is C34H35N3O3. The fraction of sp³-hybridized carbons (Fsp3) is 0.235. The Kier molecular flexibility index (Phi) is 8.57. The summed E-state index contributed by atoms with van der Waals surface area (Å²) < 4.78 is 0. The lowest BCUT2D eigenvalue weighted by Gasteiger charge is -2.28. The second-order valence-electron chi connectivity index (χ2n) is 10.4. The zero-order chi connectivity index (χ0) is 27.9. The van der Waals surface area contributed by atoms with Gasteiger partial charge in [-0.15, -0.1) is 0 Å². The Morgan fingerprint density at radius 3 is 1.82 bits per heavy atom. The van der Waals surface area contributed by atoms with E-state index in [-0.39, 0.29) is 31.1 Å². The molecule has 204 valence electrons. The molecule has 5 rings (SSSR count). The molecule has 2 N–H and O–H groups in total. The van der Waals surface area contributed by atoms with E-state index in [2.05, 4.69) is 36.5 Å². The average molecular weight is 534 g/mol. The normalized spacial score (nSPS) is 17.6. The van der Waals surface area contributed by atoms with Crippen LogP contribution < -0.4 is 5.32 Å². The van der Waals surface area contributed by atoms with Crippen LogP contribution >= 0.6 is 0 Å². The molecule has 1 saturated heterocycles. The first-order chi connectivity index (χ1) is 19.5.